The van der Waals surface area contributed by atoms with E-state index in [9.17, 15) is 0 Å². The lowest BCUT2D eigenvalue weighted by Crippen LogP contribution is -1.96. The maximum atomic E-state index is 4.29. The fourth-order valence-corrected chi connectivity index (χ4v) is 2.16. The summed E-state index contributed by atoms with van der Waals surface area (Å²) < 4.78 is 0. The van der Waals surface area contributed by atoms with Crippen molar-refractivity contribution in [2.24, 2.45) is 0 Å². The molecule has 0 aliphatic carbocycles. The van der Waals surface area contributed by atoms with Crippen LogP contribution in [0.2, 0.25) is 0 Å². The standard InChI is InChI=1S/C14H14N4/c1-9-5-10(2)7-11(6-9)18-14-12-3-4-15-13(12)16-8-17-14/h3-8H,1-2H3,(H2,15,16,17,18). The SMILES string of the molecule is Cc1cc(C)cc(Nc2ncnc3[nH]ccc23)c1. The van der Waals surface area contributed by atoms with Crippen LogP contribution in [0.25, 0.3) is 11.0 Å². The Hall–Kier alpha value is -2.36. The summed E-state index contributed by atoms with van der Waals surface area (Å²) in [5.74, 6) is 0.825. The van der Waals surface area contributed by atoms with E-state index in [2.05, 4.69) is 52.3 Å². The van der Waals surface area contributed by atoms with Crippen LogP contribution in [-0.4, -0.2) is 15.0 Å². The highest BCUT2D eigenvalue weighted by atomic mass is 15.0. The van der Waals surface area contributed by atoms with Gasteiger partial charge < -0.3 is 10.3 Å². The monoisotopic (exact) mass is 238 g/mol. The molecule has 0 amide bonds. The van der Waals surface area contributed by atoms with E-state index in [-0.39, 0.29) is 0 Å². The van der Waals surface area contributed by atoms with Gasteiger partial charge in [-0.05, 0) is 43.2 Å². The van der Waals surface area contributed by atoms with Crippen LogP contribution in [0.4, 0.5) is 11.5 Å². The van der Waals surface area contributed by atoms with Gasteiger partial charge in [-0.25, -0.2) is 9.97 Å². The van der Waals surface area contributed by atoms with Crippen LogP contribution in [0.5, 0.6) is 0 Å². The molecule has 0 aliphatic heterocycles. The summed E-state index contributed by atoms with van der Waals surface area (Å²) in [6.45, 7) is 4.17. The second kappa shape index (κ2) is 4.14. The fourth-order valence-electron chi connectivity index (χ4n) is 2.16. The van der Waals surface area contributed by atoms with E-state index >= 15 is 0 Å². The van der Waals surface area contributed by atoms with Gasteiger partial charge in [-0.1, -0.05) is 6.07 Å². The van der Waals surface area contributed by atoms with E-state index < -0.39 is 0 Å². The first-order chi connectivity index (χ1) is 8.72. The Morgan fingerprint density at radius 3 is 2.61 bits per heavy atom. The summed E-state index contributed by atoms with van der Waals surface area (Å²) >= 11 is 0. The number of nitrogens with one attached hydrogen (secondary N) is 2. The molecule has 3 aromatic rings. The first-order valence-corrected chi connectivity index (χ1v) is 5.86. The highest BCUT2D eigenvalue weighted by Gasteiger charge is 2.04. The minimum atomic E-state index is 0.825. The van der Waals surface area contributed by atoms with Gasteiger partial charge in [-0.2, -0.15) is 0 Å². The van der Waals surface area contributed by atoms with Crippen LogP contribution in [0.1, 0.15) is 11.1 Å². The van der Waals surface area contributed by atoms with Crippen molar-refractivity contribution in [1.82, 2.24) is 15.0 Å². The molecule has 0 saturated carbocycles. The van der Waals surface area contributed by atoms with Gasteiger partial charge in [0.15, 0.2) is 0 Å². The molecular formula is C14H14N4. The number of anilines is 2. The molecule has 4 heteroatoms. The molecule has 0 radical (unpaired) electrons. The van der Waals surface area contributed by atoms with E-state index in [1.807, 2.05) is 12.3 Å². The predicted octanol–water partition coefficient (Wildman–Crippen LogP) is 3.32. The van der Waals surface area contributed by atoms with E-state index in [0.717, 1.165) is 22.5 Å². The molecule has 4 nitrogen and oxygen atoms in total. The highest BCUT2D eigenvalue weighted by Crippen LogP contribution is 2.23. The van der Waals surface area contributed by atoms with Crippen molar-refractivity contribution in [3.05, 3.63) is 47.9 Å². The first kappa shape index (κ1) is 10.8. The van der Waals surface area contributed by atoms with Crippen molar-refractivity contribution in [3.63, 3.8) is 0 Å². The Labute approximate surface area is 105 Å². The number of aromatic nitrogens is 3. The maximum Gasteiger partial charge on any atom is 0.143 e. The van der Waals surface area contributed by atoms with Crippen LogP contribution in [0.15, 0.2) is 36.8 Å². The zero-order valence-electron chi connectivity index (χ0n) is 10.4. The summed E-state index contributed by atoms with van der Waals surface area (Å²) in [6, 6.07) is 8.33. The van der Waals surface area contributed by atoms with Gasteiger partial charge >= 0.3 is 0 Å². The zero-order valence-corrected chi connectivity index (χ0v) is 10.4. The minimum absolute atomic E-state index is 0.825. The number of H-pyrrole nitrogens is 1. The van der Waals surface area contributed by atoms with Crippen molar-refractivity contribution in [2.75, 3.05) is 5.32 Å². The lowest BCUT2D eigenvalue weighted by atomic mass is 10.1. The molecule has 0 bridgehead atoms. The van der Waals surface area contributed by atoms with Crippen LogP contribution in [-0.2, 0) is 0 Å². The van der Waals surface area contributed by atoms with Crippen molar-refractivity contribution < 1.29 is 0 Å². The summed E-state index contributed by atoms with van der Waals surface area (Å²) in [5.41, 5.74) is 4.36. The Morgan fingerprint density at radius 2 is 1.83 bits per heavy atom. The van der Waals surface area contributed by atoms with E-state index in [4.69, 9.17) is 0 Å². The third kappa shape index (κ3) is 1.93. The number of hydrogen-bond donors (Lipinski definition) is 2. The molecule has 3 rings (SSSR count). The van der Waals surface area contributed by atoms with Crippen molar-refractivity contribution >= 4 is 22.5 Å². The van der Waals surface area contributed by atoms with Crippen molar-refractivity contribution in [3.8, 4) is 0 Å². The normalized spacial score (nSPS) is 10.8. The average Bonchev–Trinajstić information content (AvgIpc) is 2.76. The maximum absolute atomic E-state index is 4.29. The van der Waals surface area contributed by atoms with Gasteiger partial charge in [-0.3, -0.25) is 0 Å². The fraction of sp³-hybridized carbons (Fsp3) is 0.143. The molecule has 0 fully saturated rings. The number of fused-ring (bicyclic) bond motifs is 1. The first-order valence-electron chi connectivity index (χ1n) is 5.86. The Bertz CT molecular complexity index is 680. The number of aromatic amines is 1. The topological polar surface area (TPSA) is 53.6 Å². The lowest BCUT2D eigenvalue weighted by molar-refractivity contribution is 1.20. The van der Waals surface area contributed by atoms with Gasteiger partial charge in [0.1, 0.15) is 17.8 Å². The highest BCUT2D eigenvalue weighted by molar-refractivity contribution is 5.88. The molecule has 2 N–H and O–H groups in total. The number of benzene rings is 1. The van der Waals surface area contributed by atoms with E-state index in [1.165, 1.54) is 11.1 Å². The molecule has 0 aliphatic rings. The van der Waals surface area contributed by atoms with Gasteiger partial charge in [0.2, 0.25) is 0 Å². The summed E-state index contributed by atoms with van der Waals surface area (Å²) in [5, 5.41) is 4.34. The van der Waals surface area contributed by atoms with Gasteiger partial charge in [0, 0.05) is 11.9 Å². The van der Waals surface area contributed by atoms with Crippen LogP contribution in [0, 0.1) is 13.8 Å². The lowest BCUT2D eigenvalue weighted by Gasteiger charge is -2.08. The zero-order chi connectivity index (χ0) is 12.5. The quantitative estimate of drug-likeness (QED) is 0.720. The summed E-state index contributed by atoms with van der Waals surface area (Å²) in [6.07, 6.45) is 3.43. The molecule has 0 spiro atoms. The van der Waals surface area contributed by atoms with Crippen molar-refractivity contribution in [2.45, 2.75) is 13.8 Å². The Balaban J connectivity index is 2.03. The second-order valence-electron chi connectivity index (χ2n) is 4.46. The number of hydrogen-bond acceptors (Lipinski definition) is 3. The predicted molar refractivity (Wildman–Crippen MR) is 73.1 cm³/mol. The van der Waals surface area contributed by atoms with Crippen molar-refractivity contribution in [1.29, 1.82) is 0 Å². The van der Waals surface area contributed by atoms with Gasteiger partial charge in [0.25, 0.3) is 0 Å². The Morgan fingerprint density at radius 1 is 1.06 bits per heavy atom. The van der Waals surface area contributed by atoms with E-state index in [1.54, 1.807) is 6.33 Å². The third-order valence-electron chi connectivity index (χ3n) is 2.84. The van der Waals surface area contributed by atoms with Crippen LogP contribution < -0.4 is 5.32 Å². The minimum Gasteiger partial charge on any atom is -0.346 e. The summed E-state index contributed by atoms with van der Waals surface area (Å²) in [7, 11) is 0. The van der Waals surface area contributed by atoms with Crippen LogP contribution in [0.3, 0.4) is 0 Å². The number of aryl methyl sites for hydroxylation is 2. The van der Waals surface area contributed by atoms with Crippen LogP contribution >= 0.6 is 0 Å². The molecule has 18 heavy (non-hydrogen) atoms. The number of nitrogens with zero attached hydrogens (tertiary/aromatic N) is 2. The molecule has 2 aromatic heterocycles. The number of rotatable bonds is 2. The smallest absolute Gasteiger partial charge is 0.143 e. The average molecular weight is 238 g/mol. The summed E-state index contributed by atoms with van der Waals surface area (Å²) in [4.78, 5) is 11.5. The third-order valence-corrected chi connectivity index (χ3v) is 2.84. The molecule has 0 unspecified atom stereocenters. The molecule has 1 aromatic carbocycles. The van der Waals surface area contributed by atoms with Gasteiger partial charge in [0.05, 0.1) is 5.39 Å². The Kier molecular flexibility index (Phi) is 2.48. The second-order valence-corrected chi connectivity index (χ2v) is 4.46. The molecular weight excluding hydrogens is 224 g/mol. The van der Waals surface area contributed by atoms with E-state index in [0.29, 0.717) is 0 Å². The van der Waals surface area contributed by atoms with Gasteiger partial charge in [-0.15, -0.1) is 0 Å². The molecule has 0 saturated heterocycles. The largest absolute Gasteiger partial charge is 0.346 e. The molecule has 2 heterocycles. The molecule has 90 valence electrons. The molecule has 0 atom stereocenters.